The van der Waals surface area contributed by atoms with Gasteiger partial charge in [0, 0.05) is 17.3 Å². The minimum atomic E-state index is -0.423. The van der Waals surface area contributed by atoms with Gasteiger partial charge in [-0.1, -0.05) is 30.3 Å². The van der Waals surface area contributed by atoms with Gasteiger partial charge in [0.15, 0.2) is 5.75 Å². The van der Waals surface area contributed by atoms with Crippen LogP contribution >= 0.6 is 0 Å². The molecule has 4 rings (SSSR count). The Morgan fingerprint density at radius 1 is 1.27 bits per heavy atom. The van der Waals surface area contributed by atoms with E-state index in [1.165, 1.54) is 6.20 Å². The van der Waals surface area contributed by atoms with Crippen molar-refractivity contribution in [2.45, 2.75) is 25.7 Å². The van der Waals surface area contributed by atoms with Crippen molar-refractivity contribution in [1.82, 2.24) is 15.0 Å². The summed E-state index contributed by atoms with van der Waals surface area (Å²) in [5.74, 6) is 0.963. The van der Waals surface area contributed by atoms with E-state index >= 15 is 0 Å². The average Bonchev–Trinajstić information content (AvgIpc) is 3.50. The second-order valence-electron chi connectivity index (χ2n) is 7.47. The highest BCUT2D eigenvalue weighted by Crippen LogP contribution is 2.55. The van der Waals surface area contributed by atoms with Gasteiger partial charge in [0.05, 0.1) is 24.4 Å². The van der Waals surface area contributed by atoms with Gasteiger partial charge in [0.1, 0.15) is 17.6 Å². The zero-order valence-corrected chi connectivity index (χ0v) is 16.8. The van der Waals surface area contributed by atoms with Crippen LogP contribution in [0.1, 0.15) is 29.2 Å². The second kappa shape index (κ2) is 7.91. The summed E-state index contributed by atoms with van der Waals surface area (Å²) in [6, 6.07) is 15.1. The highest BCUT2D eigenvalue weighted by molar-refractivity contribution is 5.96. The number of ether oxygens (including phenoxy) is 1. The van der Waals surface area contributed by atoms with Gasteiger partial charge in [0.25, 0.3) is 0 Å². The molecule has 0 saturated heterocycles. The van der Waals surface area contributed by atoms with Crippen molar-refractivity contribution in [1.29, 1.82) is 5.26 Å². The summed E-state index contributed by atoms with van der Waals surface area (Å²) in [5, 5.41) is 11.9. The fourth-order valence-electron chi connectivity index (χ4n) is 3.70. The molecule has 1 aliphatic rings. The molecule has 0 radical (unpaired) electrons. The molecule has 2 atom stereocenters. The predicted octanol–water partition coefficient (Wildman–Crippen LogP) is 3.34. The molecule has 0 spiro atoms. The zero-order chi connectivity index (χ0) is 21.1. The van der Waals surface area contributed by atoms with Crippen molar-refractivity contribution in [2.75, 3.05) is 11.9 Å². The van der Waals surface area contributed by atoms with Gasteiger partial charge in [-0.15, -0.1) is 0 Å². The number of hydrogen-bond acceptors (Lipinski definition) is 6. The summed E-state index contributed by atoms with van der Waals surface area (Å²) >= 11 is 0. The molecule has 2 unspecified atom stereocenters. The molecular formula is C23H21N5O2. The van der Waals surface area contributed by atoms with E-state index in [1.807, 2.05) is 50.2 Å². The lowest BCUT2D eigenvalue weighted by atomic mass is 9.93. The maximum Gasteiger partial charge on any atom is 0.228 e. The summed E-state index contributed by atoms with van der Waals surface area (Å²) in [4.78, 5) is 25.5. The average molecular weight is 399 g/mol. The van der Waals surface area contributed by atoms with Crippen LogP contribution in [0.2, 0.25) is 0 Å². The third-order valence-electron chi connectivity index (χ3n) is 5.42. The summed E-state index contributed by atoms with van der Waals surface area (Å²) < 4.78 is 6.08. The molecule has 150 valence electrons. The van der Waals surface area contributed by atoms with Crippen LogP contribution in [0.5, 0.6) is 5.75 Å². The van der Waals surface area contributed by atoms with E-state index in [-0.39, 0.29) is 17.5 Å². The van der Waals surface area contributed by atoms with Crippen molar-refractivity contribution >= 4 is 11.6 Å². The van der Waals surface area contributed by atoms with Gasteiger partial charge in [-0.2, -0.15) is 5.26 Å². The van der Waals surface area contributed by atoms with Crippen LogP contribution in [0.15, 0.2) is 54.9 Å². The fourth-order valence-corrected chi connectivity index (χ4v) is 3.70. The number of nitrogens with zero attached hydrogens (tertiary/aromatic N) is 4. The van der Waals surface area contributed by atoms with Crippen LogP contribution in [0.25, 0.3) is 0 Å². The van der Waals surface area contributed by atoms with Crippen LogP contribution in [-0.2, 0) is 10.2 Å². The number of pyridine rings is 1. The Hall–Kier alpha value is -3.79. The van der Waals surface area contributed by atoms with E-state index in [0.717, 1.165) is 11.3 Å². The number of rotatable bonds is 6. The normalized spacial score (nSPS) is 19.6. The first-order valence-electron chi connectivity index (χ1n) is 9.67. The standard InChI is InChI=1S/C23H21N5O2/c1-15-21(13-26-16(2)27-15)30-14-23(17-6-4-3-5-7-17)11-20(23)22(29)28-18-8-9-25-19(10-18)12-24/h3-10,13,20H,11,14H2,1-2H3,(H,25,28,29). The molecular weight excluding hydrogens is 378 g/mol. The van der Waals surface area contributed by atoms with Gasteiger partial charge in [-0.05, 0) is 38.0 Å². The predicted molar refractivity (Wildman–Crippen MR) is 111 cm³/mol. The summed E-state index contributed by atoms with van der Waals surface area (Å²) in [6.07, 6.45) is 3.85. The van der Waals surface area contributed by atoms with Gasteiger partial charge in [-0.25, -0.2) is 15.0 Å². The maximum atomic E-state index is 13.0. The zero-order valence-electron chi connectivity index (χ0n) is 16.8. The molecule has 1 fully saturated rings. The monoisotopic (exact) mass is 399 g/mol. The topological polar surface area (TPSA) is 101 Å². The summed E-state index contributed by atoms with van der Waals surface area (Å²) in [5.41, 5.74) is 2.23. The number of carbonyl (C=O) groups excluding carboxylic acids is 1. The largest absolute Gasteiger partial charge is 0.489 e. The number of nitrogens with one attached hydrogen (secondary N) is 1. The molecule has 2 aromatic heterocycles. The van der Waals surface area contributed by atoms with E-state index < -0.39 is 5.41 Å². The smallest absolute Gasteiger partial charge is 0.228 e. The number of aryl methyl sites for hydroxylation is 2. The van der Waals surface area contributed by atoms with Crippen molar-refractivity contribution in [3.05, 3.63) is 77.6 Å². The number of amides is 1. The van der Waals surface area contributed by atoms with Crippen molar-refractivity contribution in [3.63, 3.8) is 0 Å². The molecule has 7 nitrogen and oxygen atoms in total. The molecule has 0 aliphatic heterocycles. The Kier molecular flexibility index (Phi) is 5.15. The second-order valence-corrected chi connectivity index (χ2v) is 7.47. The SMILES string of the molecule is Cc1ncc(OCC2(c3ccccc3)CC2C(=O)Nc2ccnc(C#N)c2)c(C)n1. The van der Waals surface area contributed by atoms with Crippen LogP contribution in [0.4, 0.5) is 5.69 Å². The number of carbonyl (C=O) groups is 1. The molecule has 1 N–H and O–H groups in total. The van der Waals surface area contributed by atoms with Crippen molar-refractivity contribution in [2.24, 2.45) is 5.92 Å². The Labute approximate surface area is 174 Å². The van der Waals surface area contributed by atoms with E-state index in [0.29, 0.717) is 30.3 Å². The lowest BCUT2D eigenvalue weighted by Gasteiger charge is -2.19. The number of hydrogen-bond donors (Lipinski definition) is 1. The summed E-state index contributed by atoms with van der Waals surface area (Å²) in [7, 11) is 0. The molecule has 3 aromatic rings. The molecule has 1 saturated carbocycles. The molecule has 0 bridgehead atoms. The Bertz CT molecular complexity index is 1130. The number of nitriles is 1. The number of aromatic nitrogens is 3. The highest BCUT2D eigenvalue weighted by Gasteiger charge is 2.60. The molecule has 1 aliphatic carbocycles. The minimum Gasteiger partial charge on any atom is -0.489 e. The van der Waals surface area contributed by atoms with Crippen molar-refractivity contribution < 1.29 is 9.53 Å². The molecule has 30 heavy (non-hydrogen) atoms. The third-order valence-corrected chi connectivity index (χ3v) is 5.42. The minimum absolute atomic E-state index is 0.102. The quantitative estimate of drug-likeness (QED) is 0.682. The first-order valence-corrected chi connectivity index (χ1v) is 9.67. The Morgan fingerprint density at radius 3 is 2.80 bits per heavy atom. The number of anilines is 1. The van der Waals surface area contributed by atoms with E-state index in [2.05, 4.69) is 20.3 Å². The van der Waals surface area contributed by atoms with Gasteiger partial charge < -0.3 is 10.1 Å². The first kappa shape index (κ1) is 19.5. The summed E-state index contributed by atoms with van der Waals surface area (Å²) in [6.45, 7) is 4.06. The third kappa shape index (κ3) is 3.85. The molecule has 1 aromatic carbocycles. The first-order chi connectivity index (χ1) is 14.5. The lowest BCUT2D eigenvalue weighted by Crippen LogP contribution is -2.26. The van der Waals surface area contributed by atoms with E-state index in [4.69, 9.17) is 10.00 Å². The van der Waals surface area contributed by atoms with Crippen LogP contribution in [0.3, 0.4) is 0 Å². The van der Waals surface area contributed by atoms with E-state index in [1.54, 1.807) is 18.3 Å². The Balaban J connectivity index is 1.54. The van der Waals surface area contributed by atoms with Crippen LogP contribution in [0, 0.1) is 31.1 Å². The Morgan fingerprint density at radius 2 is 2.07 bits per heavy atom. The number of benzene rings is 1. The molecule has 2 heterocycles. The highest BCUT2D eigenvalue weighted by atomic mass is 16.5. The fraction of sp³-hybridized carbons (Fsp3) is 0.261. The van der Waals surface area contributed by atoms with Gasteiger partial charge in [0.2, 0.25) is 5.91 Å². The van der Waals surface area contributed by atoms with Crippen LogP contribution in [-0.4, -0.2) is 27.5 Å². The lowest BCUT2D eigenvalue weighted by molar-refractivity contribution is -0.117. The van der Waals surface area contributed by atoms with Crippen LogP contribution < -0.4 is 10.1 Å². The van der Waals surface area contributed by atoms with E-state index in [9.17, 15) is 4.79 Å². The molecule has 7 heteroatoms. The van der Waals surface area contributed by atoms with Crippen molar-refractivity contribution in [3.8, 4) is 11.8 Å². The van der Waals surface area contributed by atoms with Gasteiger partial charge >= 0.3 is 0 Å². The van der Waals surface area contributed by atoms with Gasteiger partial charge in [-0.3, -0.25) is 4.79 Å². The maximum absolute atomic E-state index is 13.0. The molecule has 1 amide bonds.